The number of benzene rings is 1. The van der Waals surface area contributed by atoms with Crippen LogP contribution in [0, 0.1) is 0 Å². The third-order valence-electron chi connectivity index (χ3n) is 3.23. The topological polar surface area (TPSA) is 38.8 Å². The minimum absolute atomic E-state index is 0.0198. The maximum absolute atomic E-state index is 12.0. The Labute approximate surface area is 128 Å². The average Bonchev–Trinajstić information content (AvgIpc) is 2.46. The Bertz CT molecular complexity index is 428. The normalized spacial score (nSPS) is 12.3. The Kier molecular flexibility index (Phi) is 7.23. The van der Waals surface area contributed by atoms with E-state index in [-0.39, 0.29) is 12.0 Å². The first-order chi connectivity index (χ1) is 9.93. The first-order valence-corrected chi connectivity index (χ1v) is 7.56. The summed E-state index contributed by atoms with van der Waals surface area (Å²) < 4.78 is 11.1. The molecule has 21 heavy (non-hydrogen) atoms. The van der Waals surface area contributed by atoms with E-state index < -0.39 is 6.10 Å². The predicted molar refractivity (Wildman–Crippen MR) is 84.6 cm³/mol. The molecule has 0 aliphatic rings. The molecule has 118 valence electrons. The van der Waals surface area contributed by atoms with Gasteiger partial charge in [-0.25, -0.2) is 0 Å². The largest absolute Gasteiger partial charge is 0.492 e. The minimum Gasteiger partial charge on any atom is -0.492 e. The number of ether oxygens (including phenoxy) is 2. The van der Waals surface area contributed by atoms with Crippen LogP contribution in [0.2, 0.25) is 0 Å². The highest BCUT2D eigenvalue weighted by molar-refractivity contribution is 5.80. The monoisotopic (exact) mass is 293 g/mol. The number of nitrogens with zero attached hydrogens (tertiary/aromatic N) is 1. The van der Waals surface area contributed by atoms with Crippen molar-refractivity contribution in [1.29, 1.82) is 0 Å². The average molecular weight is 293 g/mol. The zero-order valence-electron chi connectivity index (χ0n) is 13.8. The van der Waals surface area contributed by atoms with Crippen molar-refractivity contribution in [1.82, 2.24) is 4.90 Å². The van der Waals surface area contributed by atoms with E-state index in [0.717, 1.165) is 12.2 Å². The number of hydrogen-bond donors (Lipinski definition) is 0. The van der Waals surface area contributed by atoms with E-state index in [0.29, 0.717) is 13.2 Å². The first kappa shape index (κ1) is 17.5. The van der Waals surface area contributed by atoms with Crippen molar-refractivity contribution in [3.8, 4) is 5.75 Å². The molecule has 1 aromatic carbocycles. The van der Waals surface area contributed by atoms with E-state index in [1.54, 1.807) is 18.9 Å². The number of carbonyl (C=O) groups excluding carboxylic acids is 1. The maximum Gasteiger partial charge on any atom is 0.251 e. The van der Waals surface area contributed by atoms with Gasteiger partial charge in [-0.2, -0.15) is 0 Å². The van der Waals surface area contributed by atoms with Crippen LogP contribution in [0.15, 0.2) is 24.3 Å². The summed E-state index contributed by atoms with van der Waals surface area (Å²) in [5.41, 5.74) is 1.29. The molecule has 0 radical (unpaired) electrons. The lowest BCUT2D eigenvalue weighted by molar-refractivity contribution is -0.144. The molecule has 1 rings (SSSR count). The van der Waals surface area contributed by atoms with Gasteiger partial charge in [-0.3, -0.25) is 4.79 Å². The molecule has 1 atom stereocenters. The van der Waals surface area contributed by atoms with Gasteiger partial charge in [0, 0.05) is 7.05 Å². The quantitative estimate of drug-likeness (QED) is 0.740. The van der Waals surface area contributed by atoms with Crippen LogP contribution in [0.25, 0.3) is 0 Å². The predicted octanol–water partition coefficient (Wildman–Crippen LogP) is 2.90. The standard InChI is InChI=1S/C17H27NO3/c1-6-15-7-9-16(10-8-15)20-12-11-18(5)17(19)14(4)21-13(2)3/h7-10,13-14H,6,11-12H2,1-5H3/t14-/m0/s1. The lowest BCUT2D eigenvalue weighted by atomic mass is 10.2. The van der Waals surface area contributed by atoms with Gasteiger partial charge < -0.3 is 14.4 Å². The first-order valence-electron chi connectivity index (χ1n) is 7.56. The summed E-state index contributed by atoms with van der Waals surface area (Å²) >= 11 is 0. The fourth-order valence-electron chi connectivity index (χ4n) is 2.01. The summed E-state index contributed by atoms with van der Waals surface area (Å²) in [5, 5.41) is 0. The summed E-state index contributed by atoms with van der Waals surface area (Å²) in [7, 11) is 1.77. The molecule has 0 spiro atoms. The highest BCUT2D eigenvalue weighted by atomic mass is 16.5. The summed E-state index contributed by atoms with van der Waals surface area (Å²) in [4.78, 5) is 13.7. The second-order valence-electron chi connectivity index (χ2n) is 5.43. The molecule has 0 unspecified atom stereocenters. The molecule has 1 aromatic rings. The molecule has 0 heterocycles. The van der Waals surface area contributed by atoms with E-state index in [1.165, 1.54) is 5.56 Å². The minimum atomic E-state index is -0.418. The van der Waals surface area contributed by atoms with Gasteiger partial charge in [-0.05, 0) is 44.9 Å². The molecule has 0 saturated heterocycles. The fraction of sp³-hybridized carbons (Fsp3) is 0.588. The van der Waals surface area contributed by atoms with Crippen LogP contribution in [-0.2, 0) is 16.0 Å². The van der Waals surface area contributed by atoms with E-state index in [2.05, 4.69) is 19.1 Å². The highest BCUT2D eigenvalue weighted by Crippen LogP contribution is 2.12. The molecule has 0 fully saturated rings. The van der Waals surface area contributed by atoms with Crippen molar-refractivity contribution in [2.45, 2.75) is 46.3 Å². The Morgan fingerprint density at radius 3 is 2.33 bits per heavy atom. The van der Waals surface area contributed by atoms with E-state index in [4.69, 9.17) is 9.47 Å². The molecule has 0 saturated carbocycles. The number of amides is 1. The molecule has 0 aliphatic carbocycles. The van der Waals surface area contributed by atoms with Gasteiger partial charge >= 0.3 is 0 Å². The molecular weight excluding hydrogens is 266 g/mol. The SMILES string of the molecule is CCc1ccc(OCCN(C)C(=O)[C@H](C)OC(C)C)cc1. The molecule has 0 aromatic heterocycles. The summed E-state index contributed by atoms with van der Waals surface area (Å²) in [6, 6.07) is 8.04. The number of likely N-dealkylation sites (N-methyl/N-ethyl adjacent to an activating group) is 1. The van der Waals surface area contributed by atoms with Gasteiger partial charge in [-0.1, -0.05) is 19.1 Å². The van der Waals surface area contributed by atoms with Crippen molar-refractivity contribution in [3.05, 3.63) is 29.8 Å². The van der Waals surface area contributed by atoms with Gasteiger partial charge in [0.25, 0.3) is 5.91 Å². The number of aryl methyl sites for hydroxylation is 1. The summed E-state index contributed by atoms with van der Waals surface area (Å²) in [5.74, 6) is 0.813. The molecule has 4 heteroatoms. The smallest absolute Gasteiger partial charge is 0.251 e. The number of hydrogen-bond acceptors (Lipinski definition) is 3. The lowest BCUT2D eigenvalue weighted by Gasteiger charge is -2.23. The van der Waals surface area contributed by atoms with Crippen LogP contribution in [0.3, 0.4) is 0 Å². The molecule has 4 nitrogen and oxygen atoms in total. The molecule has 0 aliphatic heterocycles. The zero-order chi connectivity index (χ0) is 15.8. The van der Waals surface area contributed by atoms with Crippen molar-refractivity contribution < 1.29 is 14.3 Å². The van der Waals surface area contributed by atoms with Crippen molar-refractivity contribution in [2.24, 2.45) is 0 Å². The molecular formula is C17H27NO3. The van der Waals surface area contributed by atoms with E-state index >= 15 is 0 Å². The van der Waals surface area contributed by atoms with Crippen molar-refractivity contribution >= 4 is 5.91 Å². The van der Waals surface area contributed by atoms with Gasteiger partial charge in [0.1, 0.15) is 18.5 Å². The Morgan fingerprint density at radius 2 is 1.81 bits per heavy atom. The number of carbonyl (C=O) groups is 1. The van der Waals surface area contributed by atoms with Crippen LogP contribution in [-0.4, -0.2) is 43.2 Å². The van der Waals surface area contributed by atoms with Crippen LogP contribution >= 0.6 is 0 Å². The summed E-state index contributed by atoms with van der Waals surface area (Å²) in [6.07, 6.45) is 0.648. The third-order valence-corrected chi connectivity index (χ3v) is 3.23. The van der Waals surface area contributed by atoms with Gasteiger partial charge in [0.2, 0.25) is 0 Å². The fourth-order valence-corrected chi connectivity index (χ4v) is 2.01. The molecule has 1 amide bonds. The number of rotatable bonds is 8. The second-order valence-corrected chi connectivity index (χ2v) is 5.43. The Hall–Kier alpha value is -1.55. The van der Waals surface area contributed by atoms with Crippen molar-refractivity contribution in [3.63, 3.8) is 0 Å². The van der Waals surface area contributed by atoms with Crippen LogP contribution in [0.4, 0.5) is 0 Å². The van der Waals surface area contributed by atoms with Crippen LogP contribution < -0.4 is 4.74 Å². The van der Waals surface area contributed by atoms with Crippen LogP contribution in [0.1, 0.15) is 33.3 Å². The van der Waals surface area contributed by atoms with Crippen LogP contribution in [0.5, 0.6) is 5.75 Å². The zero-order valence-corrected chi connectivity index (χ0v) is 13.8. The molecule has 0 N–H and O–H groups in total. The van der Waals surface area contributed by atoms with Gasteiger partial charge in [0.05, 0.1) is 12.6 Å². The lowest BCUT2D eigenvalue weighted by Crippen LogP contribution is -2.39. The second kappa shape index (κ2) is 8.67. The van der Waals surface area contributed by atoms with E-state index in [1.807, 2.05) is 26.0 Å². The summed E-state index contributed by atoms with van der Waals surface area (Å²) in [6.45, 7) is 8.77. The van der Waals surface area contributed by atoms with E-state index in [9.17, 15) is 4.79 Å². The molecule has 0 bridgehead atoms. The highest BCUT2D eigenvalue weighted by Gasteiger charge is 2.18. The van der Waals surface area contributed by atoms with Gasteiger partial charge in [-0.15, -0.1) is 0 Å². The Morgan fingerprint density at radius 1 is 1.19 bits per heavy atom. The van der Waals surface area contributed by atoms with Crippen molar-refractivity contribution in [2.75, 3.05) is 20.2 Å². The Balaban J connectivity index is 2.35. The maximum atomic E-state index is 12.0. The van der Waals surface area contributed by atoms with Gasteiger partial charge in [0.15, 0.2) is 0 Å². The third kappa shape index (κ3) is 6.17.